The van der Waals surface area contributed by atoms with Gasteiger partial charge < -0.3 is 14.2 Å². The number of fused-ring (bicyclic) bond motifs is 3. The van der Waals surface area contributed by atoms with Crippen molar-refractivity contribution >= 4 is 40.1 Å². The number of methoxy groups -OCH3 is 1. The zero-order valence-electron chi connectivity index (χ0n) is 16.4. The molecule has 7 nitrogen and oxygen atoms in total. The largest absolute Gasteiger partial charge is 0.467 e. The fourth-order valence-electron chi connectivity index (χ4n) is 3.89. The molecule has 0 bridgehead atoms. The Morgan fingerprint density at radius 3 is 2.54 bits per heavy atom. The van der Waals surface area contributed by atoms with E-state index in [0.717, 1.165) is 48.1 Å². The molecule has 4 rings (SSSR count). The lowest BCUT2D eigenvalue weighted by Crippen LogP contribution is -2.30. The molecule has 0 N–H and O–H groups in total. The van der Waals surface area contributed by atoms with E-state index in [2.05, 4.69) is 19.4 Å². The number of carbonyl (C=O) groups is 1. The number of ether oxygens (including phenoxy) is 1. The molecular weight excluding hydrogens is 378 g/mol. The van der Waals surface area contributed by atoms with Crippen molar-refractivity contribution < 1.29 is 9.53 Å². The normalized spacial score (nSPS) is 13.7. The molecular formula is C20H22ClN5O2. The lowest BCUT2D eigenvalue weighted by Gasteiger charge is -2.31. The van der Waals surface area contributed by atoms with Crippen molar-refractivity contribution in [3.05, 3.63) is 34.1 Å². The highest BCUT2D eigenvalue weighted by Gasteiger charge is 2.28. The Bertz CT molecular complexity index is 1070. The van der Waals surface area contributed by atoms with Crippen LogP contribution in [0.4, 0.5) is 11.6 Å². The second kappa shape index (κ2) is 7.05. The van der Waals surface area contributed by atoms with E-state index in [1.165, 1.54) is 0 Å². The Morgan fingerprint density at radius 2 is 1.89 bits per heavy atom. The maximum atomic E-state index is 12.5. The van der Waals surface area contributed by atoms with Crippen molar-refractivity contribution in [2.45, 2.75) is 40.2 Å². The number of carbonyl (C=O) groups excluding carboxylic acids is 1. The molecule has 0 aliphatic carbocycles. The van der Waals surface area contributed by atoms with E-state index in [-0.39, 0.29) is 5.78 Å². The van der Waals surface area contributed by atoms with Crippen LogP contribution >= 0.6 is 11.6 Å². The summed E-state index contributed by atoms with van der Waals surface area (Å²) in [6.07, 6.45) is 1.35. The van der Waals surface area contributed by atoms with Crippen molar-refractivity contribution in [1.29, 1.82) is 0 Å². The van der Waals surface area contributed by atoms with Crippen LogP contribution in [0.25, 0.3) is 11.0 Å². The molecule has 3 heterocycles. The number of halogens is 1. The number of benzene rings is 1. The van der Waals surface area contributed by atoms with Gasteiger partial charge in [0, 0.05) is 25.1 Å². The number of rotatable bonds is 4. The number of anilines is 2. The number of nitrogens with zero attached hydrogens (tertiary/aromatic N) is 5. The second-order valence-corrected chi connectivity index (χ2v) is 7.27. The van der Waals surface area contributed by atoms with Gasteiger partial charge in [-0.1, -0.05) is 18.5 Å². The van der Waals surface area contributed by atoms with Crippen LogP contribution in [-0.4, -0.2) is 39.0 Å². The van der Waals surface area contributed by atoms with Crippen molar-refractivity contribution in [2.24, 2.45) is 0 Å². The van der Waals surface area contributed by atoms with Gasteiger partial charge in [0.2, 0.25) is 5.95 Å². The van der Waals surface area contributed by atoms with Crippen molar-refractivity contribution in [3.8, 4) is 6.01 Å². The smallest absolute Gasteiger partial charge is 0.316 e. The monoisotopic (exact) mass is 399 g/mol. The number of aromatic nitrogens is 4. The molecule has 3 aromatic rings. The summed E-state index contributed by atoms with van der Waals surface area (Å²) in [7, 11) is 1.56. The van der Waals surface area contributed by atoms with Crippen LogP contribution in [0.2, 0.25) is 5.02 Å². The summed E-state index contributed by atoms with van der Waals surface area (Å²) >= 11 is 6.45. The van der Waals surface area contributed by atoms with E-state index in [0.29, 0.717) is 28.5 Å². The quantitative estimate of drug-likeness (QED) is 0.611. The summed E-state index contributed by atoms with van der Waals surface area (Å²) in [5.74, 6) is 0.848. The number of hydrogen-bond acceptors (Lipinski definition) is 6. The Labute approximate surface area is 168 Å². The van der Waals surface area contributed by atoms with Crippen LogP contribution in [0.3, 0.4) is 0 Å². The Morgan fingerprint density at radius 1 is 1.18 bits per heavy atom. The second-order valence-electron chi connectivity index (χ2n) is 6.87. The molecule has 28 heavy (non-hydrogen) atoms. The Kier molecular flexibility index (Phi) is 4.71. The molecule has 1 aliphatic rings. The highest BCUT2D eigenvalue weighted by molar-refractivity contribution is 6.35. The van der Waals surface area contributed by atoms with Gasteiger partial charge in [-0.15, -0.1) is 0 Å². The molecule has 8 heteroatoms. The van der Waals surface area contributed by atoms with E-state index >= 15 is 0 Å². The van der Waals surface area contributed by atoms with Gasteiger partial charge in [0.25, 0.3) is 0 Å². The summed E-state index contributed by atoms with van der Waals surface area (Å²) in [6.45, 7) is 7.31. The third kappa shape index (κ3) is 2.81. The summed E-state index contributed by atoms with van der Waals surface area (Å²) in [4.78, 5) is 28.3. The number of Topliss-reactive ketones (excluding diaryl/α,β-unsaturated/α-hetero) is 1. The van der Waals surface area contributed by atoms with E-state index in [9.17, 15) is 4.79 Å². The van der Waals surface area contributed by atoms with Gasteiger partial charge in [-0.05, 0) is 32.4 Å². The minimum atomic E-state index is 0.0848. The van der Waals surface area contributed by atoms with Gasteiger partial charge in [0.05, 0.1) is 34.7 Å². The maximum Gasteiger partial charge on any atom is 0.316 e. The van der Waals surface area contributed by atoms with E-state index in [4.69, 9.17) is 21.3 Å². The fourth-order valence-corrected chi connectivity index (χ4v) is 4.08. The molecule has 0 unspecified atom stereocenters. The van der Waals surface area contributed by atoms with Gasteiger partial charge >= 0.3 is 6.01 Å². The van der Waals surface area contributed by atoms with Gasteiger partial charge in [-0.2, -0.15) is 9.97 Å². The first kappa shape index (κ1) is 18.7. The zero-order chi connectivity index (χ0) is 20.0. The number of aryl methyl sites for hydroxylation is 3. The molecule has 0 radical (unpaired) electrons. The summed E-state index contributed by atoms with van der Waals surface area (Å²) < 4.78 is 7.28. The van der Waals surface area contributed by atoms with E-state index in [1.54, 1.807) is 19.2 Å². The highest BCUT2D eigenvalue weighted by atomic mass is 35.5. The lowest BCUT2D eigenvalue weighted by molar-refractivity contribution is 0.0989. The van der Waals surface area contributed by atoms with Crippen LogP contribution in [-0.2, 0) is 6.54 Å². The molecule has 0 spiro atoms. The molecule has 0 saturated heterocycles. The standard InChI is InChI=1S/C20H22ClN5O2/c1-5-15(27)13-7-8-14(21)16-18(13)26-10-6-9-25(20(26)24-16)17-11(2)22-19(28-4)23-12(17)3/h7-8H,5-6,9-10H2,1-4H3. The average Bonchev–Trinajstić information content (AvgIpc) is 3.08. The molecule has 0 saturated carbocycles. The maximum absolute atomic E-state index is 12.5. The summed E-state index contributed by atoms with van der Waals surface area (Å²) in [5, 5.41) is 0.545. The molecule has 1 aromatic carbocycles. The summed E-state index contributed by atoms with van der Waals surface area (Å²) in [5.41, 5.74) is 4.69. The minimum Gasteiger partial charge on any atom is -0.467 e. The van der Waals surface area contributed by atoms with E-state index in [1.807, 2.05) is 20.8 Å². The third-order valence-electron chi connectivity index (χ3n) is 5.12. The number of hydrogen-bond donors (Lipinski definition) is 0. The van der Waals surface area contributed by atoms with Crippen LogP contribution in [0.5, 0.6) is 6.01 Å². The van der Waals surface area contributed by atoms with Crippen LogP contribution < -0.4 is 9.64 Å². The van der Waals surface area contributed by atoms with Crippen molar-refractivity contribution in [3.63, 3.8) is 0 Å². The topological polar surface area (TPSA) is 73.1 Å². The molecule has 0 amide bonds. The van der Waals surface area contributed by atoms with Gasteiger partial charge in [0.1, 0.15) is 5.52 Å². The minimum absolute atomic E-state index is 0.0848. The first-order valence-corrected chi connectivity index (χ1v) is 9.72. The number of imidazole rings is 1. The Balaban J connectivity index is 1.96. The zero-order valence-corrected chi connectivity index (χ0v) is 17.2. The average molecular weight is 400 g/mol. The fraction of sp³-hybridized carbons (Fsp3) is 0.400. The molecule has 146 valence electrons. The van der Waals surface area contributed by atoms with Gasteiger partial charge in [-0.3, -0.25) is 4.79 Å². The molecule has 0 fully saturated rings. The molecule has 2 aromatic heterocycles. The highest BCUT2D eigenvalue weighted by Crippen LogP contribution is 2.38. The Hall–Kier alpha value is -2.67. The predicted octanol–water partition coefficient (Wildman–Crippen LogP) is 4.24. The van der Waals surface area contributed by atoms with E-state index < -0.39 is 0 Å². The first-order chi connectivity index (χ1) is 13.5. The van der Waals surface area contributed by atoms with Crippen LogP contribution in [0.1, 0.15) is 41.5 Å². The predicted molar refractivity (Wildman–Crippen MR) is 109 cm³/mol. The van der Waals surface area contributed by atoms with Gasteiger partial charge in [-0.25, -0.2) is 4.98 Å². The van der Waals surface area contributed by atoms with Gasteiger partial charge in [0.15, 0.2) is 5.78 Å². The third-order valence-corrected chi connectivity index (χ3v) is 5.42. The summed E-state index contributed by atoms with van der Waals surface area (Å²) in [6, 6.07) is 3.91. The lowest BCUT2D eigenvalue weighted by atomic mass is 10.1. The van der Waals surface area contributed by atoms with Crippen LogP contribution in [0.15, 0.2) is 12.1 Å². The van der Waals surface area contributed by atoms with Crippen LogP contribution in [0, 0.1) is 13.8 Å². The van der Waals surface area contributed by atoms with Crippen molar-refractivity contribution in [2.75, 3.05) is 18.6 Å². The molecule has 0 atom stereocenters. The molecule has 1 aliphatic heterocycles. The van der Waals surface area contributed by atoms with Crippen molar-refractivity contribution in [1.82, 2.24) is 19.5 Å². The number of ketones is 1. The first-order valence-electron chi connectivity index (χ1n) is 9.35. The SMILES string of the molecule is CCC(=O)c1ccc(Cl)c2nc3n(c12)CCCN3c1c(C)nc(OC)nc1C.